The van der Waals surface area contributed by atoms with Crippen LogP contribution in [-0.2, 0) is 0 Å². The van der Waals surface area contributed by atoms with Crippen LogP contribution >= 0.6 is 11.6 Å². The monoisotopic (exact) mass is 304 g/mol. The minimum Gasteiger partial charge on any atom is -0.508 e. The van der Waals surface area contributed by atoms with Gasteiger partial charge in [-0.05, 0) is 37.6 Å². The molecule has 0 aliphatic carbocycles. The number of hydrogen-bond acceptors (Lipinski definition) is 3. The number of phenolic OH excluding ortho intramolecular Hbond substituents is 1. The summed E-state index contributed by atoms with van der Waals surface area (Å²) >= 11 is 6.11. The lowest BCUT2D eigenvalue weighted by atomic mass is 10.1. The number of carbonyl (C=O) groups is 1. The van der Waals surface area contributed by atoms with Crippen LogP contribution in [0.1, 0.15) is 22.8 Å². The summed E-state index contributed by atoms with van der Waals surface area (Å²) in [5.41, 5.74) is 8.02. The molecule has 0 aromatic heterocycles. The fourth-order valence-corrected chi connectivity index (χ4v) is 2.48. The number of carbonyl (C=O) groups excluding carboxylic acids is 1. The Hall–Kier alpha value is -2.20. The predicted molar refractivity (Wildman–Crippen MR) is 86.1 cm³/mol. The first kappa shape index (κ1) is 15.2. The van der Waals surface area contributed by atoms with E-state index in [1.54, 1.807) is 41.3 Å². The number of aryl methyl sites for hydroxylation is 1. The Morgan fingerprint density at radius 2 is 2.05 bits per heavy atom. The van der Waals surface area contributed by atoms with Gasteiger partial charge in [-0.3, -0.25) is 4.79 Å². The van der Waals surface area contributed by atoms with Crippen molar-refractivity contribution in [1.29, 1.82) is 0 Å². The highest BCUT2D eigenvalue weighted by atomic mass is 35.5. The quantitative estimate of drug-likeness (QED) is 0.851. The molecule has 0 atom stereocenters. The number of aromatic hydroxyl groups is 1. The second kappa shape index (κ2) is 6.06. The Balaban J connectivity index is 2.51. The largest absolute Gasteiger partial charge is 0.508 e. The lowest BCUT2D eigenvalue weighted by Gasteiger charge is -2.24. The molecular formula is C16H17ClN2O2. The average Bonchev–Trinajstić information content (AvgIpc) is 2.43. The van der Waals surface area contributed by atoms with Gasteiger partial charge in [-0.25, -0.2) is 0 Å². The Bertz CT molecular complexity index is 666. The van der Waals surface area contributed by atoms with E-state index < -0.39 is 0 Å². The van der Waals surface area contributed by atoms with Gasteiger partial charge in [0.2, 0.25) is 0 Å². The molecule has 0 aliphatic rings. The second-order valence-corrected chi connectivity index (χ2v) is 5.13. The van der Waals surface area contributed by atoms with Gasteiger partial charge in [0.1, 0.15) is 5.75 Å². The first-order chi connectivity index (χ1) is 9.95. The van der Waals surface area contributed by atoms with E-state index in [0.29, 0.717) is 22.9 Å². The van der Waals surface area contributed by atoms with Gasteiger partial charge in [0, 0.05) is 18.3 Å². The molecule has 0 heterocycles. The average molecular weight is 305 g/mol. The van der Waals surface area contributed by atoms with Crippen LogP contribution in [0.5, 0.6) is 5.75 Å². The zero-order chi connectivity index (χ0) is 15.6. The summed E-state index contributed by atoms with van der Waals surface area (Å²) in [6, 6.07) is 9.88. The first-order valence-corrected chi connectivity index (χ1v) is 6.99. The summed E-state index contributed by atoms with van der Waals surface area (Å²) in [5.74, 6) is -0.178. The highest BCUT2D eigenvalue weighted by Crippen LogP contribution is 2.29. The number of nitrogens with zero attached hydrogens (tertiary/aromatic N) is 1. The second-order valence-electron chi connectivity index (χ2n) is 4.72. The molecule has 0 saturated carbocycles. The number of nitrogen functional groups attached to an aromatic ring is 1. The predicted octanol–water partition coefficient (Wildman–Crippen LogP) is 3.60. The number of nitrogens with two attached hydrogens (primary N) is 1. The number of hydrogen-bond donors (Lipinski definition) is 2. The number of phenols is 1. The molecule has 2 aromatic rings. The molecule has 110 valence electrons. The maximum atomic E-state index is 12.8. The fourth-order valence-electron chi connectivity index (χ4n) is 2.21. The Labute approximate surface area is 128 Å². The van der Waals surface area contributed by atoms with Crippen LogP contribution in [0, 0.1) is 6.92 Å². The summed E-state index contributed by atoms with van der Waals surface area (Å²) in [4.78, 5) is 14.3. The maximum Gasteiger partial charge on any atom is 0.261 e. The maximum absolute atomic E-state index is 12.8. The van der Waals surface area contributed by atoms with E-state index in [-0.39, 0.29) is 17.2 Å². The minimum absolute atomic E-state index is 0.106. The number of anilines is 2. The van der Waals surface area contributed by atoms with E-state index in [1.165, 1.54) is 0 Å². The van der Waals surface area contributed by atoms with Crippen molar-refractivity contribution in [1.82, 2.24) is 0 Å². The molecule has 0 saturated heterocycles. The molecule has 0 radical (unpaired) electrons. The van der Waals surface area contributed by atoms with E-state index in [0.717, 1.165) is 5.56 Å². The van der Waals surface area contributed by atoms with Crippen molar-refractivity contribution in [2.24, 2.45) is 0 Å². The third kappa shape index (κ3) is 2.95. The molecule has 4 nitrogen and oxygen atoms in total. The molecule has 5 heteroatoms. The summed E-state index contributed by atoms with van der Waals surface area (Å²) in [6.45, 7) is 4.17. The lowest BCUT2D eigenvalue weighted by molar-refractivity contribution is 0.0989. The molecule has 0 spiro atoms. The zero-order valence-corrected chi connectivity index (χ0v) is 12.7. The van der Waals surface area contributed by atoms with E-state index in [4.69, 9.17) is 17.3 Å². The molecule has 0 aliphatic heterocycles. The number of benzene rings is 2. The number of amides is 1. The Kier molecular flexibility index (Phi) is 4.38. The van der Waals surface area contributed by atoms with Gasteiger partial charge in [0.05, 0.1) is 16.3 Å². The normalized spacial score (nSPS) is 10.4. The molecule has 3 N–H and O–H groups in total. The number of halogens is 1. The summed E-state index contributed by atoms with van der Waals surface area (Å²) < 4.78 is 0. The third-order valence-electron chi connectivity index (χ3n) is 3.30. The van der Waals surface area contributed by atoms with Gasteiger partial charge in [0.25, 0.3) is 5.91 Å². The van der Waals surface area contributed by atoms with Crippen LogP contribution in [0.2, 0.25) is 5.02 Å². The van der Waals surface area contributed by atoms with Crippen LogP contribution in [0.25, 0.3) is 0 Å². The van der Waals surface area contributed by atoms with E-state index in [9.17, 15) is 9.90 Å². The molecule has 2 rings (SSSR count). The van der Waals surface area contributed by atoms with Crippen molar-refractivity contribution < 1.29 is 9.90 Å². The van der Waals surface area contributed by atoms with Crippen LogP contribution in [-0.4, -0.2) is 17.6 Å². The lowest BCUT2D eigenvalue weighted by Crippen LogP contribution is -2.32. The zero-order valence-electron chi connectivity index (χ0n) is 11.9. The molecule has 0 fully saturated rings. The van der Waals surface area contributed by atoms with Crippen LogP contribution in [0.3, 0.4) is 0 Å². The van der Waals surface area contributed by atoms with Crippen molar-refractivity contribution in [3.05, 3.63) is 52.5 Å². The molecule has 0 unspecified atom stereocenters. The van der Waals surface area contributed by atoms with E-state index in [2.05, 4.69) is 0 Å². The molecule has 1 amide bonds. The highest BCUT2D eigenvalue weighted by molar-refractivity contribution is 6.35. The van der Waals surface area contributed by atoms with Crippen LogP contribution in [0.15, 0.2) is 36.4 Å². The van der Waals surface area contributed by atoms with Crippen molar-refractivity contribution >= 4 is 28.9 Å². The SMILES string of the molecule is CCN(C(=O)c1c(N)cccc1Cl)c1cc(O)ccc1C. The van der Waals surface area contributed by atoms with Crippen LogP contribution in [0.4, 0.5) is 11.4 Å². The fraction of sp³-hybridized carbons (Fsp3) is 0.188. The topological polar surface area (TPSA) is 66.6 Å². The van der Waals surface area contributed by atoms with E-state index >= 15 is 0 Å². The Morgan fingerprint density at radius 1 is 1.33 bits per heavy atom. The minimum atomic E-state index is -0.283. The van der Waals surface area contributed by atoms with E-state index in [1.807, 2.05) is 13.8 Å². The summed E-state index contributed by atoms with van der Waals surface area (Å²) in [6.07, 6.45) is 0. The van der Waals surface area contributed by atoms with Crippen molar-refractivity contribution in [2.45, 2.75) is 13.8 Å². The van der Waals surface area contributed by atoms with Gasteiger partial charge in [-0.2, -0.15) is 0 Å². The van der Waals surface area contributed by atoms with Crippen LogP contribution < -0.4 is 10.6 Å². The third-order valence-corrected chi connectivity index (χ3v) is 3.62. The van der Waals surface area contributed by atoms with Gasteiger partial charge >= 0.3 is 0 Å². The molecule has 2 aromatic carbocycles. The smallest absolute Gasteiger partial charge is 0.261 e. The van der Waals surface area contributed by atoms with Gasteiger partial charge in [-0.1, -0.05) is 23.7 Å². The summed E-state index contributed by atoms with van der Waals surface area (Å²) in [5, 5.41) is 9.97. The Morgan fingerprint density at radius 3 is 2.67 bits per heavy atom. The summed E-state index contributed by atoms with van der Waals surface area (Å²) in [7, 11) is 0. The molecule has 21 heavy (non-hydrogen) atoms. The first-order valence-electron chi connectivity index (χ1n) is 6.61. The van der Waals surface area contributed by atoms with Crippen molar-refractivity contribution in [2.75, 3.05) is 17.2 Å². The number of rotatable bonds is 3. The van der Waals surface area contributed by atoms with Crippen molar-refractivity contribution in [3.8, 4) is 5.75 Å². The van der Waals surface area contributed by atoms with Gasteiger partial charge in [0.15, 0.2) is 0 Å². The highest BCUT2D eigenvalue weighted by Gasteiger charge is 2.22. The van der Waals surface area contributed by atoms with Crippen molar-refractivity contribution in [3.63, 3.8) is 0 Å². The van der Waals surface area contributed by atoms with Gasteiger partial charge in [-0.15, -0.1) is 0 Å². The molecular weight excluding hydrogens is 288 g/mol. The van der Waals surface area contributed by atoms with Gasteiger partial charge < -0.3 is 15.7 Å². The molecule has 0 bridgehead atoms. The standard InChI is InChI=1S/C16H17ClN2O2/c1-3-19(14-9-11(20)8-7-10(14)2)16(21)15-12(17)5-4-6-13(15)18/h4-9,20H,3,18H2,1-2H3.